The number of hydrogen-bond acceptors (Lipinski definition) is 1. The van der Waals surface area contributed by atoms with E-state index in [1.807, 2.05) is 6.92 Å². The maximum atomic E-state index is 12.6. The van der Waals surface area contributed by atoms with E-state index in [1.165, 1.54) is 0 Å². The molecular formula is C8H9F3O. The predicted octanol–water partition coefficient (Wildman–Crippen LogP) is 3.04. The summed E-state index contributed by atoms with van der Waals surface area (Å²) in [7, 11) is 0. The third kappa shape index (κ3) is 1.62. The Morgan fingerprint density at radius 2 is 1.83 bits per heavy atom. The van der Waals surface area contributed by atoms with Gasteiger partial charge >= 0.3 is 6.01 Å². The van der Waals surface area contributed by atoms with Crippen molar-refractivity contribution in [3.8, 4) is 0 Å². The van der Waals surface area contributed by atoms with Crippen LogP contribution in [0.25, 0.3) is 0 Å². The smallest absolute Gasteiger partial charge is 0.317 e. The predicted molar refractivity (Wildman–Crippen MR) is 37.2 cm³/mol. The first-order valence-electron chi connectivity index (χ1n) is 3.79. The first-order valence-corrected chi connectivity index (χ1v) is 3.79. The molecule has 68 valence electrons. The minimum Gasteiger partial charge on any atom is -0.431 e. The van der Waals surface area contributed by atoms with Crippen molar-refractivity contribution in [3.63, 3.8) is 0 Å². The summed E-state index contributed by atoms with van der Waals surface area (Å²) in [5.74, 6) is -2.94. The van der Waals surface area contributed by atoms with Crippen molar-refractivity contribution in [2.75, 3.05) is 0 Å². The standard InChI is InChI=1S/C8H9F3O/c1-2-3-4-5-6(9)7(10)8(11)12-5/h2-4H2,1H3. The lowest BCUT2D eigenvalue weighted by Crippen LogP contribution is -1.86. The van der Waals surface area contributed by atoms with Gasteiger partial charge in [0.2, 0.25) is 11.6 Å². The number of aryl methyl sites for hydroxylation is 1. The molecule has 0 fully saturated rings. The zero-order valence-electron chi connectivity index (χ0n) is 6.66. The van der Waals surface area contributed by atoms with Gasteiger partial charge in [-0.2, -0.15) is 13.2 Å². The molecule has 0 aromatic carbocycles. The van der Waals surface area contributed by atoms with Gasteiger partial charge < -0.3 is 4.42 Å². The van der Waals surface area contributed by atoms with Crippen LogP contribution in [0.5, 0.6) is 0 Å². The number of rotatable bonds is 3. The maximum Gasteiger partial charge on any atom is 0.317 e. The minimum absolute atomic E-state index is 0.230. The third-order valence-corrected chi connectivity index (χ3v) is 1.58. The molecule has 0 spiro atoms. The van der Waals surface area contributed by atoms with Gasteiger partial charge in [-0.15, -0.1) is 0 Å². The average Bonchev–Trinajstić information content (AvgIpc) is 2.30. The SMILES string of the molecule is CCCCc1oc(F)c(F)c1F. The van der Waals surface area contributed by atoms with E-state index in [4.69, 9.17) is 0 Å². The fraction of sp³-hybridized carbons (Fsp3) is 0.500. The average molecular weight is 178 g/mol. The molecule has 4 heteroatoms. The van der Waals surface area contributed by atoms with Gasteiger partial charge in [-0.05, 0) is 6.42 Å². The van der Waals surface area contributed by atoms with Crippen LogP contribution < -0.4 is 0 Å². The topological polar surface area (TPSA) is 13.1 Å². The highest BCUT2D eigenvalue weighted by Gasteiger charge is 2.19. The summed E-state index contributed by atoms with van der Waals surface area (Å²) in [5, 5.41) is 0. The van der Waals surface area contributed by atoms with E-state index >= 15 is 0 Å². The van der Waals surface area contributed by atoms with Crippen LogP contribution in [0.1, 0.15) is 25.5 Å². The van der Waals surface area contributed by atoms with Crippen LogP contribution in [0.2, 0.25) is 0 Å². The van der Waals surface area contributed by atoms with E-state index < -0.39 is 17.6 Å². The monoisotopic (exact) mass is 178 g/mol. The lowest BCUT2D eigenvalue weighted by Gasteiger charge is -1.91. The van der Waals surface area contributed by atoms with Gasteiger partial charge in [0.05, 0.1) is 0 Å². The first-order chi connectivity index (χ1) is 5.66. The highest BCUT2D eigenvalue weighted by molar-refractivity contribution is 5.06. The molecule has 0 saturated carbocycles. The third-order valence-electron chi connectivity index (χ3n) is 1.58. The second kappa shape index (κ2) is 3.65. The Bertz CT molecular complexity index is 268. The molecular weight excluding hydrogens is 169 g/mol. The number of unbranched alkanes of at least 4 members (excludes halogenated alkanes) is 1. The van der Waals surface area contributed by atoms with Crippen molar-refractivity contribution in [3.05, 3.63) is 23.4 Å². The highest BCUT2D eigenvalue weighted by atomic mass is 19.2. The summed E-state index contributed by atoms with van der Waals surface area (Å²) in [6.07, 6.45) is 1.72. The van der Waals surface area contributed by atoms with Crippen molar-refractivity contribution in [2.45, 2.75) is 26.2 Å². The molecule has 0 N–H and O–H groups in total. The molecule has 0 aliphatic carbocycles. The van der Waals surface area contributed by atoms with Crippen LogP contribution in [0, 0.1) is 17.6 Å². The molecule has 1 rings (SSSR count). The molecule has 0 aliphatic rings. The fourth-order valence-corrected chi connectivity index (χ4v) is 0.905. The molecule has 12 heavy (non-hydrogen) atoms. The van der Waals surface area contributed by atoms with Gasteiger partial charge in [0.25, 0.3) is 0 Å². The molecule has 0 atom stereocenters. The van der Waals surface area contributed by atoms with Gasteiger partial charge in [0.1, 0.15) is 5.76 Å². The Balaban J connectivity index is 2.79. The normalized spacial score (nSPS) is 10.7. The highest BCUT2D eigenvalue weighted by Crippen LogP contribution is 2.19. The summed E-state index contributed by atoms with van der Waals surface area (Å²) in [6, 6.07) is -1.46. The quantitative estimate of drug-likeness (QED) is 0.693. The summed E-state index contributed by atoms with van der Waals surface area (Å²) < 4.78 is 41.4. The fourth-order valence-electron chi connectivity index (χ4n) is 0.905. The van der Waals surface area contributed by atoms with E-state index in [9.17, 15) is 13.2 Å². The Hall–Kier alpha value is -0.930. The molecule has 0 aliphatic heterocycles. The minimum atomic E-state index is -1.51. The van der Waals surface area contributed by atoms with E-state index in [2.05, 4.69) is 4.42 Å². The molecule has 0 amide bonds. The molecule has 0 saturated heterocycles. The van der Waals surface area contributed by atoms with Gasteiger partial charge in [-0.25, -0.2) is 0 Å². The van der Waals surface area contributed by atoms with Crippen LogP contribution in [-0.4, -0.2) is 0 Å². The van der Waals surface area contributed by atoms with E-state index in [-0.39, 0.29) is 12.2 Å². The number of halogens is 3. The Labute approximate surface area is 68.2 Å². The van der Waals surface area contributed by atoms with Crippen molar-refractivity contribution in [1.29, 1.82) is 0 Å². The van der Waals surface area contributed by atoms with Crippen molar-refractivity contribution in [2.24, 2.45) is 0 Å². The van der Waals surface area contributed by atoms with Gasteiger partial charge in [-0.1, -0.05) is 13.3 Å². The summed E-state index contributed by atoms with van der Waals surface area (Å²) >= 11 is 0. The summed E-state index contributed by atoms with van der Waals surface area (Å²) in [4.78, 5) is 0. The Kier molecular flexibility index (Phi) is 2.78. The van der Waals surface area contributed by atoms with Crippen LogP contribution in [0.4, 0.5) is 13.2 Å². The second-order valence-corrected chi connectivity index (χ2v) is 2.53. The number of hydrogen-bond donors (Lipinski definition) is 0. The molecule has 1 nitrogen and oxygen atoms in total. The molecule has 0 bridgehead atoms. The van der Waals surface area contributed by atoms with Crippen molar-refractivity contribution in [1.82, 2.24) is 0 Å². The van der Waals surface area contributed by atoms with Crippen molar-refractivity contribution < 1.29 is 17.6 Å². The van der Waals surface area contributed by atoms with E-state index in [0.29, 0.717) is 6.42 Å². The molecule has 0 unspecified atom stereocenters. The van der Waals surface area contributed by atoms with E-state index in [1.54, 1.807) is 0 Å². The molecule has 1 aromatic rings. The lowest BCUT2D eigenvalue weighted by molar-refractivity contribution is 0.309. The maximum absolute atomic E-state index is 12.6. The van der Waals surface area contributed by atoms with E-state index in [0.717, 1.165) is 6.42 Å². The first kappa shape index (κ1) is 9.16. The molecule has 1 heterocycles. The van der Waals surface area contributed by atoms with Crippen molar-refractivity contribution >= 4 is 0 Å². The lowest BCUT2D eigenvalue weighted by atomic mass is 10.2. The second-order valence-electron chi connectivity index (χ2n) is 2.53. The van der Waals surface area contributed by atoms with Crippen LogP contribution in [0.3, 0.4) is 0 Å². The zero-order valence-corrected chi connectivity index (χ0v) is 6.66. The van der Waals surface area contributed by atoms with Gasteiger partial charge in [0, 0.05) is 6.42 Å². The van der Waals surface area contributed by atoms with Crippen LogP contribution >= 0.6 is 0 Å². The largest absolute Gasteiger partial charge is 0.431 e. The number of furan rings is 1. The van der Waals surface area contributed by atoms with Crippen LogP contribution in [-0.2, 0) is 6.42 Å². The van der Waals surface area contributed by atoms with Gasteiger partial charge in [-0.3, -0.25) is 0 Å². The molecule has 0 radical (unpaired) electrons. The zero-order chi connectivity index (χ0) is 9.14. The Morgan fingerprint density at radius 3 is 2.25 bits per heavy atom. The summed E-state index contributed by atoms with van der Waals surface area (Å²) in [5.41, 5.74) is 0. The molecule has 1 aromatic heterocycles. The summed E-state index contributed by atoms with van der Waals surface area (Å²) in [6.45, 7) is 1.90. The van der Waals surface area contributed by atoms with Gasteiger partial charge in [0.15, 0.2) is 0 Å². The van der Waals surface area contributed by atoms with Crippen LogP contribution in [0.15, 0.2) is 4.42 Å². The Morgan fingerprint density at radius 1 is 1.17 bits per heavy atom.